The average molecular weight is 345 g/mol. The molecule has 2 aliphatic heterocycles. The summed E-state index contributed by atoms with van der Waals surface area (Å²) in [6.45, 7) is 5.56. The van der Waals surface area contributed by atoms with E-state index >= 15 is 0 Å². The number of hydrogen-bond acceptors (Lipinski definition) is 4. The molecule has 0 aromatic carbocycles. The van der Waals surface area contributed by atoms with E-state index in [1.165, 1.54) is 44.9 Å². The molecule has 1 aliphatic carbocycles. The van der Waals surface area contributed by atoms with Crippen LogP contribution in [0, 0.1) is 5.92 Å². The van der Waals surface area contributed by atoms with Crippen LogP contribution in [0.25, 0.3) is 0 Å². The lowest BCUT2D eigenvalue weighted by Gasteiger charge is -2.37. The highest BCUT2D eigenvalue weighted by molar-refractivity contribution is 5.56. The van der Waals surface area contributed by atoms with Crippen molar-refractivity contribution in [1.82, 2.24) is 4.98 Å². The summed E-state index contributed by atoms with van der Waals surface area (Å²) in [6, 6.07) is 4.87. The zero-order chi connectivity index (χ0) is 17.2. The van der Waals surface area contributed by atoms with Crippen molar-refractivity contribution in [1.29, 1.82) is 0 Å². The largest absolute Gasteiger partial charge is 0.377 e. The maximum atomic E-state index is 12.4. The number of ether oxygens (including phenoxy) is 1. The second-order valence-electron chi connectivity index (χ2n) is 8.01. The molecule has 1 N–H and O–H groups in total. The van der Waals surface area contributed by atoms with Crippen LogP contribution in [0.4, 0.5) is 11.5 Å². The van der Waals surface area contributed by atoms with Crippen molar-refractivity contribution in [2.45, 2.75) is 64.0 Å². The number of H-pyrrole nitrogens is 1. The number of nitrogens with one attached hydrogen (secondary N) is 1. The summed E-state index contributed by atoms with van der Waals surface area (Å²) < 4.78 is 5.55. The summed E-state index contributed by atoms with van der Waals surface area (Å²) in [5, 5.41) is 0. The van der Waals surface area contributed by atoms with Crippen molar-refractivity contribution in [2.24, 2.45) is 5.92 Å². The Kier molecular flexibility index (Phi) is 5.02. The SMILES string of the molecule is CC1COCCN1c1cc(N2CCCC2C2CCCCC2)[nH]c(=O)c1. The lowest BCUT2D eigenvalue weighted by Crippen LogP contribution is -2.44. The molecule has 1 saturated carbocycles. The van der Waals surface area contributed by atoms with E-state index in [9.17, 15) is 4.79 Å². The molecular formula is C20H31N3O2. The molecule has 0 radical (unpaired) electrons. The van der Waals surface area contributed by atoms with Gasteiger partial charge in [-0.15, -0.1) is 0 Å². The molecule has 25 heavy (non-hydrogen) atoms. The third kappa shape index (κ3) is 3.57. The van der Waals surface area contributed by atoms with Gasteiger partial charge in [0.25, 0.3) is 5.56 Å². The summed E-state index contributed by atoms with van der Waals surface area (Å²) >= 11 is 0. The molecule has 0 spiro atoms. The second kappa shape index (κ2) is 7.40. The summed E-state index contributed by atoms with van der Waals surface area (Å²) in [7, 11) is 0. The minimum atomic E-state index is 0.0143. The Hall–Kier alpha value is -1.49. The van der Waals surface area contributed by atoms with Crippen LogP contribution in [0.15, 0.2) is 16.9 Å². The smallest absolute Gasteiger partial charge is 0.251 e. The highest BCUT2D eigenvalue weighted by atomic mass is 16.5. The second-order valence-corrected chi connectivity index (χ2v) is 8.01. The fraction of sp³-hybridized carbons (Fsp3) is 0.750. The van der Waals surface area contributed by atoms with Gasteiger partial charge in [0.1, 0.15) is 5.82 Å². The van der Waals surface area contributed by atoms with Crippen LogP contribution in [0.3, 0.4) is 0 Å². The zero-order valence-corrected chi connectivity index (χ0v) is 15.4. The first kappa shape index (κ1) is 17.0. The first-order chi connectivity index (χ1) is 12.2. The Morgan fingerprint density at radius 3 is 2.68 bits per heavy atom. The molecule has 3 fully saturated rings. The van der Waals surface area contributed by atoms with Gasteiger partial charge in [0, 0.05) is 43.0 Å². The van der Waals surface area contributed by atoms with Gasteiger partial charge in [-0.05, 0) is 38.5 Å². The normalized spacial score (nSPS) is 28.5. The van der Waals surface area contributed by atoms with E-state index in [1.807, 2.05) is 0 Å². The van der Waals surface area contributed by atoms with Gasteiger partial charge in [-0.1, -0.05) is 19.3 Å². The lowest BCUT2D eigenvalue weighted by molar-refractivity contribution is 0.0989. The van der Waals surface area contributed by atoms with Crippen LogP contribution in [-0.4, -0.2) is 43.4 Å². The molecule has 2 saturated heterocycles. The third-order valence-corrected chi connectivity index (χ3v) is 6.32. The third-order valence-electron chi connectivity index (χ3n) is 6.32. The van der Waals surface area contributed by atoms with Gasteiger partial charge in [-0.3, -0.25) is 4.79 Å². The molecule has 138 valence electrons. The van der Waals surface area contributed by atoms with E-state index in [2.05, 4.69) is 27.8 Å². The fourth-order valence-electron chi connectivity index (χ4n) is 5.05. The maximum Gasteiger partial charge on any atom is 0.251 e. The first-order valence-corrected chi connectivity index (χ1v) is 10.1. The van der Waals surface area contributed by atoms with Gasteiger partial charge in [-0.25, -0.2) is 0 Å². The maximum absolute atomic E-state index is 12.4. The molecule has 2 unspecified atom stereocenters. The van der Waals surface area contributed by atoms with Gasteiger partial charge < -0.3 is 19.5 Å². The van der Waals surface area contributed by atoms with Crippen molar-refractivity contribution in [3.63, 3.8) is 0 Å². The van der Waals surface area contributed by atoms with E-state index in [-0.39, 0.29) is 5.56 Å². The van der Waals surface area contributed by atoms with Crippen LogP contribution in [0.2, 0.25) is 0 Å². The van der Waals surface area contributed by atoms with Crippen LogP contribution in [0.1, 0.15) is 51.9 Å². The van der Waals surface area contributed by atoms with Crippen molar-refractivity contribution in [3.8, 4) is 0 Å². The molecule has 5 nitrogen and oxygen atoms in total. The Labute approximate surface area is 150 Å². The Bertz CT molecular complexity index is 638. The number of aromatic nitrogens is 1. The zero-order valence-electron chi connectivity index (χ0n) is 15.4. The number of anilines is 2. The van der Waals surface area contributed by atoms with Gasteiger partial charge in [0.15, 0.2) is 0 Å². The number of aromatic amines is 1. The molecular weight excluding hydrogens is 314 g/mol. The van der Waals surface area contributed by atoms with Gasteiger partial charge in [0.2, 0.25) is 0 Å². The van der Waals surface area contributed by atoms with E-state index in [0.717, 1.165) is 43.7 Å². The van der Waals surface area contributed by atoms with Gasteiger partial charge in [0.05, 0.1) is 13.2 Å². The molecule has 0 amide bonds. The topological polar surface area (TPSA) is 48.6 Å². The van der Waals surface area contributed by atoms with Crippen LogP contribution in [0.5, 0.6) is 0 Å². The van der Waals surface area contributed by atoms with Crippen molar-refractivity contribution < 1.29 is 4.74 Å². The molecule has 1 aromatic heterocycles. The number of pyridine rings is 1. The van der Waals surface area contributed by atoms with Crippen molar-refractivity contribution in [3.05, 3.63) is 22.5 Å². The Morgan fingerprint density at radius 1 is 1.04 bits per heavy atom. The average Bonchev–Trinajstić information content (AvgIpc) is 3.12. The Balaban J connectivity index is 1.59. The standard InChI is InChI=1S/C20H31N3O2/c1-15-14-25-11-10-22(15)17-12-19(21-20(24)13-17)23-9-5-8-18(23)16-6-3-2-4-7-16/h12-13,15-16,18H,2-11,14H2,1H3,(H,21,24). The number of rotatable bonds is 3. The molecule has 4 rings (SSSR count). The number of morpholine rings is 1. The predicted molar refractivity (Wildman–Crippen MR) is 102 cm³/mol. The van der Waals surface area contributed by atoms with E-state index < -0.39 is 0 Å². The summed E-state index contributed by atoms with van der Waals surface area (Å²) in [5.74, 6) is 1.82. The minimum absolute atomic E-state index is 0.0143. The monoisotopic (exact) mass is 345 g/mol. The molecule has 3 aliphatic rings. The van der Waals surface area contributed by atoms with Crippen molar-refractivity contribution >= 4 is 11.5 Å². The quantitative estimate of drug-likeness (QED) is 0.914. The first-order valence-electron chi connectivity index (χ1n) is 10.1. The minimum Gasteiger partial charge on any atom is -0.377 e. The highest BCUT2D eigenvalue weighted by Crippen LogP contribution is 2.36. The van der Waals surface area contributed by atoms with E-state index in [4.69, 9.17) is 4.74 Å². The van der Waals surface area contributed by atoms with Gasteiger partial charge in [-0.2, -0.15) is 0 Å². The Morgan fingerprint density at radius 2 is 1.88 bits per heavy atom. The van der Waals surface area contributed by atoms with E-state index in [0.29, 0.717) is 12.1 Å². The highest BCUT2D eigenvalue weighted by Gasteiger charge is 2.33. The van der Waals surface area contributed by atoms with E-state index in [1.54, 1.807) is 6.07 Å². The molecule has 2 atom stereocenters. The fourth-order valence-corrected chi connectivity index (χ4v) is 5.05. The molecule has 3 heterocycles. The molecule has 5 heteroatoms. The summed E-state index contributed by atoms with van der Waals surface area (Å²) in [4.78, 5) is 20.3. The predicted octanol–water partition coefficient (Wildman–Crippen LogP) is 3.15. The van der Waals surface area contributed by atoms with Gasteiger partial charge >= 0.3 is 0 Å². The van der Waals surface area contributed by atoms with Crippen LogP contribution in [-0.2, 0) is 4.74 Å². The van der Waals surface area contributed by atoms with Crippen LogP contribution < -0.4 is 15.4 Å². The van der Waals surface area contributed by atoms with Crippen LogP contribution >= 0.6 is 0 Å². The lowest BCUT2D eigenvalue weighted by atomic mass is 9.83. The summed E-state index contributed by atoms with van der Waals surface area (Å²) in [6.07, 6.45) is 9.35. The molecule has 1 aromatic rings. The number of nitrogens with zero attached hydrogens (tertiary/aromatic N) is 2. The molecule has 0 bridgehead atoms. The number of hydrogen-bond donors (Lipinski definition) is 1. The van der Waals surface area contributed by atoms with Crippen molar-refractivity contribution in [2.75, 3.05) is 36.1 Å². The summed E-state index contributed by atoms with van der Waals surface area (Å²) in [5.41, 5.74) is 1.06.